The Morgan fingerprint density at radius 1 is 1.14 bits per heavy atom. The molecule has 1 aromatic heterocycles. The van der Waals surface area contributed by atoms with Gasteiger partial charge in [-0.15, -0.1) is 0 Å². The van der Waals surface area contributed by atoms with Gasteiger partial charge >= 0.3 is 0 Å². The minimum Gasteiger partial charge on any atom is -0.468 e. The molecule has 0 bridgehead atoms. The fourth-order valence-electron chi connectivity index (χ4n) is 2.41. The number of nitrogens with one attached hydrogen (secondary N) is 1. The van der Waals surface area contributed by atoms with Gasteiger partial charge in [-0.1, -0.05) is 19.1 Å². The van der Waals surface area contributed by atoms with Crippen LogP contribution in [0.1, 0.15) is 36.8 Å². The molecule has 2 atom stereocenters. The summed E-state index contributed by atoms with van der Waals surface area (Å²) in [5, 5.41) is 13.0. The van der Waals surface area contributed by atoms with Crippen LogP contribution in [0.3, 0.4) is 0 Å². The predicted octanol–water partition coefficient (Wildman–Crippen LogP) is 3.12. The Balaban J connectivity index is 2.11. The van der Waals surface area contributed by atoms with Crippen molar-refractivity contribution in [3.05, 3.63) is 54.0 Å². The highest BCUT2D eigenvalue weighted by atomic mass is 16.3. The molecule has 4 heteroatoms. The molecule has 2 aromatic rings. The van der Waals surface area contributed by atoms with Gasteiger partial charge < -0.3 is 14.4 Å². The predicted molar refractivity (Wildman–Crippen MR) is 85.5 cm³/mol. The van der Waals surface area contributed by atoms with Crippen molar-refractivity contribution >= 4 is 5.69 Å². The van der Waals surface area contributed by atoms with E-state index in [9.17, 15) is 5.11 Å². The molecule has 0 spiro atoms. The van der Waals surface area contributed by atoms with Crippen LogP contribution < -0.4 is 10.2 Å². The Hall–Kier alpha value is -1.78. The van der Waals surface area contributed by atoms with Gasteiger partial charge in [0.25, 0.3) is 0 Å². The third kappa shape index (κ3) is 3.86. The van der Waals surface area contributed by atoms with E-state index in [2.05, 4.69) is 41.4 Å². The van der Waals surface area contributed by atoms with Crippen LogP contribution in [0, 0.1) is 0 Å². The molecule has 114 valence electrons. The third-order valence-corrected chi connectivity index (χ3v) is 3.69. The molecule has 0 fully saturated rings. The van der Waals surface area contributed by atoms with E-state index in [1.165, 1.54) is 11.3 Å². The molecule has 0 radical (unpaired) electrons. The number of hydrogen-bond acceptors (Lipinski definition) is 4. The maximum Gasteiger partial charge on any atom is 0.123 e. The highest BCUT2D eigenvalue weighted by molar-refractivity contribution is 5.46. The van der Waals surface area contributed by atoms with E-state index in [1.54, 1.807) is 6.26 Å². The summed E-state index contributed by atoms with van der Waals surface area (Å²) in [5.74, 6) is 0.765. The average molecular weight is 288 g/mol. The lowest BCUT2D eigenvalue weighted by molar-refractivity contribution is 0.213. The van der Waals surface area contributed by atoms with Crippen molar-refractivity contribution in [1.29, 1.82) is 0 Å². The molecule has 2 rings (SSSR count). The second-order valence-electron chi connectivity index (χ2n) is 5.36. The third-order valence-electron chi connectivity index (χ3n) is 3.69. The summed E-state index contributed by atoms with van der Waals surface area (Å²) in [6.45, 7) is 2.15. The fourth-order valence-corrected chi connectivity index (χ4v) is 2.41. The Bertz CT molecular complexity index is 520. The first-order valence-corrected chi connectivity index (χ1v) is 7.33. The number of hydrogen-bond donors (Lipinski definition) is 2. The summed E-state index contributed by atoms with van der Waals surface area (Å²) in [7, 11) is 4.06. The monoisotopic (exact) mass is 288 g/mol. The summed E-state index contributed by atoms with van der Waals surface area (Å²) < 4.78 is 5.39. The zero-order valence-corrected chi connectivity index (χ0v) is 12.9. The highest BCUT2D eigenvalue weighted by Crippen LogP contribution is 2.24. The molecule has 2 N–H and O–H groups in total. The van der Waals surface area contributed by atoms with Crippen LogP contribution >= 0.6 is 0 Å². The first-order chi connectivity index (χ1) is 10.2. The van der Waals surface area contributed by atoms with Gasteiger partial charge in [0.2, 0.25) is 0 Å². The van der Waals surface area contributed by atoms with Crippen LogP contribution in [0.2, 0.25) is 0 Å². The van der Waals surface area contributed by atoms with E-state index < -0.39 is 0 Å². The van der Waals surface area contributed by atoms with Crippen LogP contribution in [-0.4, -0.2) is 25.8 Å². The van der Waals surface area contributed by atoms with Crippen molar-refractivity contribution in [2.24, 2.45) is 0 Å². The summed E-state index contributed by atoms with van der Waals surface area (Å²) in [6.07, 6.45) is 2.57. The first-order valence-electron chi connectivity index (χ1n) is 7.33. The Morgan fingerprint density at radius 3 is 2.33 bits per heavy atom. The smallest absolute Gasteiger partial charge is 0.123 e. The van der Waals surface area contributed by atoms with Gasteiger partial charge in [0.15, 0.2) is 0 Å². The minimum absolute atomic E-state index is 0.0137. The molecule has 0 saturated heterocycles. The lowest BCUT2D eigenvalue weighted by atomic mass is 10.0. The Morgan fingerprint density at radius 2 is 1.86 bits per heavy atom. The largest absolute Gasteiger partial charge is 0.468 e. The summed E-state index contributed by atoms with van der Waals surface area (Å²) in [5.41, 5.74) is 2.39. The number of benzene rings is 1. The standard InChI is InChI=1S/C17H24N2O2/c1-4-15(13-7-9-14(10-8-13)19(2)3)18-16(12-20)17-6-5-11-21-17/h5-11,15-16,18,20H,4,12H2,1-3H3. The van der Waals surface area contributed by atoms with Crippen molar-refractivity contribution in [2.75, 3.05) is 25.6 Å². The van der Waals surface area contributed by atoms with E-state index in [0.29, 0.717) is 0 Å². The van der Waals surface area contributed by atoms with Gasteiger partial charge in [-0.3, -0.25) is 5.32 Å². The molecular weight excluding hydrogens is 264 g/mol. The van der Waals surface area contributed by atoms with E-state index in [4.69, 9.17) is 4.42 Å². The number of aliphatic hydroxyl groups is 1. The van der Waals surface area contributed by atoms with E-state index in [0.717, 1.165) is 12.2 Å². The van der Waals surface area contributed by atoms with Crippen molar-refractivity contribution < 1.29 is 9.52 Å². The van der Waals surface area contributed by atoms with Gasteiger partial charge in [-0.25, -0.2) is 0 Å². The maximum atomic E-state index is 9.58. The summed E-state index contributed by atoms with van der Waals surface area (Å²) >= 11 is 0. The van der Waals surface area contributed by atoms with Crippen molar-refractivity contribution in [1.82, 2.24) is 5.32 Å². The van der Waals surface area contributed by atoms with E-state index in [1.807, 2.05) is 26.2 Å². The molecular formula is C17H24N2O2. The van der Waals surface area contributed by atoms with Crippen LogP contribution in [0.25, 0.3) is 0 Å². The second kappa shape index (κ2) is 7.29. The number of anilines is 1. The van der Waals surface area contributed by atoms with E-state index in [-0.39, 0.29) is 18.7 Å². The molecule has 0 aliphatic heterocycles. The molecule has 0 saturated carbocycles. The van der Waals surface area contributed by atoms with Crippen LogP contribution in [0.4, 0.5) is 5.69 Å². The topological polar surface area (TPSA) is 48.6 Å². The van der Waals surface area contributed by atoms with Crippen LogP contribution in [0.15, 0.2) is 47.1 Å². The quantitative estimate of drug-likeness (QED) is 0.822. The maximum absolute atomic E-state index is 9.58. The number of aliphatic hydroxyl groups excluding tert-OH is 1. The normalized spacial score (nSPS) is 13.9. The molecule has 0 aliphatic carbocycles. The average Bonchev–Trinajstić information content (AvgIpc) is 3.03. The van der Waals surface area contributed by atoms with E-state index >= 15 is 0 Å². The SMILES string of the molecule is CCC(NC(CO)c1ccco1)c1ccc(N(C)C)cc1. The molecule has 21 heavy (non-hydrogen) atoms. The van der Waals surface area contributed by atoms with Crippen LogP contribution in [0.5, 0.6) is 0 Å². The first kappa shape index (κ1) is 15.6. The lowest BCUT2D eigenvalue weighted by Gasteiger charge is -2.23. The summed E-state index contributed by atoms with van der Waals surface area (Å²) in [4.78, 5) is 2.08. The van der Waals surface area contributed by atoms with Gasteiger partial charge in [-0.2, -0.15) is 0 Å². The lowest BCUT2D eigenvalue weighted by Crippen LogP contribution is -2.28. The summed E-state index contributed by atoms with van der Waals surface area (Å²) in [6, 6.07) is 12.2. The Kier molecular flexibility index (Phi) is 5.42. The second-order valence-corrected chi connectivity index (χ2v) is 5.36. The fraction of sp³-hybridized carbons (Fsp3) is 0.412. The zero-order valence-electron chi connectivity index (χ0n) is 12.9. The van der Waals surface area contributed by atoms with Gasteiger partial charge in [-0.05, 0) is 36.2 Å². The zero-order chi connectivity index (χ0) is 15.2. The van der Waals surface area contributed by atoms with Crippen molar-refractivity contribution in [3.63, 3.8) is 0 Å². The molecule has 1 aromatic carbocycles. The number of nitrogens with zero attached hydrogens (tertiary/aromatic N) is 1. The van der Waals surface area contributed by atoms with Gasteiger partial charge in [0.05, 0.1) is 18.9 Å². The molecule has 0 aliphatic rings. The van der Waals surface area contributed by atoms with Crippen molar-refractivity contribution in [3.8, 4) is 0 Å². The van der Waals surface area contributed by atoms with Crippen molar-refractivity contribution in [2.45, 2.75) is 25.4 Å². The molecule has 2 unspecified atom stereocenters. The minimum atomic E-state index is -0.182. The number of furan rings is 1. The van der Waals surface area contributed by atoms with Gasteiger partial charge in [0.1, 0.15) is 5.76 Å². The molecule has 4 nitrogen and oxygen atoms in total. The molecule has 1 heterocycles. The molecule has 0 amide bonds. The van der Waals surface area contributed by atoms with Gasteiger partial charge in [0, 0.05) is 25.8 Å². The number of rotatable bonds is 7. The highest BCUT2D eigenvalue weighted by Gasteiger charge is 2.18. The Labute approximate surface area is 126 Å². The van der Waals surface area contributed by atoms with Crippen LogP contribution in [-0.2, 0) is 0 Å².